The fourth-order valence-electron chi connectivity index (χ4n) is 1.97. The first kappa shape index (κ1) is 18.6. The topological polar surface area (TPSA) is 0 Å². The van der Waals surface area contributed by atoms with Crippen LogP contribution < -0.4 is 0 Å². The van der Waals surface area contributed by atoms with Gasteiger partial charge in [0.15, 0.2) is 4.90 Å². The Morgan fingerprint density at radius 3 is 1.68 bits per heavy atom. The van der Waals surface area contributed by atoms with Crippen molar-refractivity contribution in [3.8, 4) is 11.1 Å². The summed E-state index contributed by atoms with van der Waals surface area (Å²) in [4.78, 5) is 1.48. The van der Waals surface area contributed by atoms with Gasteiger partial charge < -0.3 is 17.3 Å². The van der Waals surface area contributed by atoms with Crippen molar-refractivity contribution in [2.75, 3.05) is 12.5 Å². The highest BCUT2D eigenvalue weighted by molar-refractivity contribution is 7.95. The molecule has 0 aliphatic carbocycles. The summed E-state index contributed by atoms with van der Waals surface area (Å²) >= 11 is 0. The molecule has 0 saturated heterocycles. The average molecular weight is 330 g/mol. The van der Waals surface area contributed by atoms with Crippen molar-refractivity contribution < 1.29 is 17.3 Å². The molecule has 0 aromatic heterocycles. The third kappa shape index (κ3) is 6.56. The molecule has 22 heavy (non-hydrogen) atoms. The molecule has 2 aromatic carbocycles. The van der Waals surface area contributed by atoms with Crippen molar-refractivity contribution >= 4 is 18.1 Å². The third-order valence-corrected chi connectivity index (χ3v) is 4.33. The van der Waals surface area contributed by atoms with Gasteiger partial charge in [-0.05, 0) is 25.0 Å². The van der Waals surface area contributed by atoms with Gasteiger partial charge in [-0.25, -0.2) is 0 Å². The van der Waals surface area contributed by atoms with Gasteiger partial charge in [-0.3, -0.25) is 0 Å². The first-order valence-electron chi connectivity index (χ1n) is 6.70. The number of aryl methyl sites for hydroxylation is 2. The molecule has 0 N–H and O–H groups in total. The van der Waals surface area contributed by atoms with Crippen LogP contribution in [0.5, 0.6) is 0 Å². The minimum Gasteiger partial charge on any atom is -0.418 e. The number of rotatable bonds is 2. The highest BCUT2D eigenvalue weighted by Gasteiger charge is 2.20. The lowest BCUT2D eigenvalue weighted by molar-refractivity contribution is 0.368. The van der Waals surface area contributed by atoms with E-state index in [2.05, 4.69) is 68.8 Å². The Hall–Kier alpha value is -1.43. The highest BCUT2D eigenvalue weighted by atomic mass is 32.2. The first-order valence-corrected chi connectivity index (χ1v) is 8.74. The van der Waals surface area contributed by atoms with E-state index in [4.69, 9.17) is 0 Å². The summed E-state index contributed by atoms with van der Waals surface area (Å²) in [6.07, 6.45) is 4.56. The molecule has 0 atom stereocenters. The van der Waals surface area contributed by atoms with Gasteiger partial charge in [0, 0.05) is 22.5 Å². The SMILES string of the molecule is Cc1ccc(-c2ccc(C)c([S+](C)C)c2)cc1.F[B-](F)(F)F. The molecule has 2 rings (SSSR count). The molecular formula is C16H19BF4S. The summed E-state index contributed by atoms with van der Waals surface area (Å²) in [6.45, 7) is 4.32. The van der Waals surface area contributed by atoms with Crippen molar-refractivity contribution in [2.24, 2.45) is 0 Å². The second-order valence-electron chi connectivity index (χ2n) is 5.16. The smallest absolute Gasteiger partial charge is 0.418 e. The van der Waals surface area contributed by atoms with Crippen LogP contribution >= 0.6 is 0 Å². The second kappa shape index (κ2) is 7.72. The number of benzene rings is 2. The molecule has 0 aliphatic heterocycles. The van der Waals surface area contributed by atoms with Gasteiger partial charge in [0.25, 0.3) is 0 Å². The van der Waals surface area contributed by atoms with Gasteiger partial charge in [0.1, 0.15) is 12.5 Å². The highest BCUT2D eigenvalue weighted by Crippen LogP contribution is 2.25. The maximum atomic E-state index is 9.75. The average Bonchev–Trinajstić information content (AvgIpc) is 2.38. The molecular weight excluding hydrogens is 311 g/mol. The van der Waals surface area contributed by atoms with Gasteiger partial charge in [-0.2, -0.15) is 0 Å². The maximum Gasteiger partial charge on any atom is 0.673 e. The third-order valence-electron chi connectivity index (χ3n) is 3.01. The van der Waals surface area contributed by atoms with E-state index < -0.39 is 7.25 Å². The molecule has 0 aliphatic rings. The summed E-state index contributed by atoms with van der Waals surface area (Å²) < 4.78 is 39.0. The summed E-state index contributed by atoms with van der Waals surface area (Å²) in [7, 11) is -5.68. The Morgan fingerprint density at radius 2 is 1.23 bits per heavy atom. The molecule has 0 saturated carbocycles. The van der Waals surface area contributed by atoms with Crippen LogP contribution in [0.3, 0.4) is 0 Å². The van der Waals surface area contributed by atoms with E-state index in [-0.39, 0.29) is 0 Å². The van der Waals surface area contributed by atoms with E-state index in [1.54, 1.807) is 0 Å². The standard InChI is InChI=1S/C16H19S.BF4/c1-12-5-8-14(9-6-12)15-10-7-13(2)16(11-15)17(3)4;2-1(3,4)5/h5-11H,1-4H3;/q+1;-1. The quantitative estimate of drug-likeness (QED) is 0.387. The van der Waals surface area contributed by atoms with Crippen LogP contribution in [0.1, 0.15) is 11.1 Å². The lowest BCUT2D eigenvalue weighted by Crippen LogP contribution is -2.02. The summed E-state index contributed by atoms with van der Waals surface area (Å²) in [5.41, 5.74) is 5.34. The normalized spacial score (nSPS) is 11.1. The van der Waals surface area contributed by atoms with Crippen LogP contribution in [0, 0.1) is 13.8 Å². The summed E-state index contributed by atoms with van der Waals surface area (Å²) in [5.74, 6) is 0. The van der Waals surface area contributed by atoms with E-state index in [0.29, 0.717) is 10.9 Å². The van der Waals surface area contributed by atoms with Gasteiger partial charge in [0.2, 0.25) is 0 Å². The molecule has 120 valence electrons. The van der Waals surface area contributed by atoms with Crippen molar-refractivity contribution in [1.82, 2.24) is 0 Å². The molecule has 0 heterocycles. The van der Waals surface area contributed by atoms with Crippen molar-refractivity contribution in [3.05, 3.63) is 53.6 Å². The second-order valence-corrected chi connectivity index (χ2v) is 7.23. The summed E-state index contributed by atoms with van der Waals surface area (Å²) in [6, 6.07) is 15.5. The predicted octanol–water partition coefficient (Wildman–Crippen LogP) is 5.51. The minimum absolute atomic E-state index is 0.321. The van der Waals surface area contributed by atoms with Crippen LogP contribution in [0.2, 0.25) is 0 Å². The molecule has 0 radical (unpaired) electrons. The molecule has 6 heteroatoms. The zero-order valence-electron chi connectivity index (χ0n) is 13.0. The largest absolute Gasteiger partial charge is 0.673 e. The van der Waals surface area contributed by atoms with Gasteiger partial charge in [-0.1, -0.05) is 42.0 Å². The molecule has 2 aromatic rings. The number of hydrogen-bond acceptors (Lipinski definition) is 0. The predicted molar refractivity (Wildman–Crippen MR) is 89.0 cm³/mol. The molecule has 0 fully saturated rings. The van der Waals surface area contributed by atoms with Gasteiger partial charge >= 0.3 is 7.25 Å². The van der Waals surface area contributed by atoms with E-state index in [9.17, 15) is 17.3 Å². The lowest BCUT2D eigenvalue weighted by atomic mass is 10.0. The Bertz CT molecular complexity index is 601. The molecule has 0 amide bonds. The lowest BCUT2D eigenvalue weighted by Gasteiger charge is -2.06. The van der Waals surface area contributed by atoms with Crippen molar-refractivity contribution in [1.29, 1.82) is 0 Å². The van der Waals surface area contributed by atoms with Gasteiger partial charge in [0.05, 0.1) is 0 Å². The maximum absolute atomic E-state index is 9.75. The Morgan fingerprint density at radius 1 is 0.773 bits per heavy atom. The van der Waals surface area contributed by atoms with Crippen LogP contribution in [-0.2, 0) is 10.9 Å². The van der Waals surface area contributed by atoms with Crippen LogP contribution in [-0.4, -0.2) is 19.8 Å². The van der Waals surface area contributed by atoms with E-state index in [1.165, 1.54) is 27.1 Å². The van der Waals surface area contributed by atoms with Crippen molar-refractivity contribution in [3.63, 3.8) is 0 Å². The monoisotopic (exact) mass is 330 g/mol. The van der Waals surface area contributed by atoms with E-state index in [1.807, 2.05) is 0 Å². The van der Waals surface area contributed by atoms with Crippen molar-refractivity contribution in [2.45, 2.75) is 18.7 Å². The van der Waals surface area contributed by atoms with Crippen LogP contribution in [0.4, 0.5) is 17.3 Å². The van der Waals surface area contributed by atoms with Crippen LogP contribution in [0.25, 0.3) is 11.1 Å². The molecule has 0 spiro atoms. The minimum atomic E-state index is -6.00. The zero-order valence-corrected chi connectivity index (χ0v) is 13.9. The zero-order chi connectivity index (χ0) is 16.9. The van der Waals surface area contributed by atoms with Gasteiger partial charge in [-0.15, -0.1) is 0 Å². The number of hydrogen-bond donors (Lipinski definition) is 0. The Kier molecular flexibility index (Phi) is 6.54. The first-order chi connectivity index (χ1) is 10.1. The number of halogens is 4. The van der Waals surface area contributed by atoms with E-state index >= 15 is 0 Å². The summed E-state index contributed by atoms with van der Waals surface area (Å²) in [5, 5.41) is 0. The molecule has 0 nitrogen and oxygen atoms in total. The fourth-order valence-corrected chi connectivity index (χ4v) is 3.04. The Balaban J connectivity index is 0.000000422. The van der Waals surface area contributed by atoms with Crippen LogP contribution in [0.15, 0.2) is 47.4 Å². The fraction of sp³-hybridized carbons (Fsp3) is 0.250. The molecule has 0 unspecified atom stereocenters. The Labute approximate surface area is 132 Å². The van der Waals surface area contributed by atoms with E-state index in [0.717, 1.165) is 0 Å². The molecule has 0 bridgehead atoms.